The smallest absolute Gasteiger partial charge is 0.258 e. The molecule has 28 heavy (non-hydrogen) atoms. The maximum atomic E-state index is 12.7. The normalized spacial score (nSPS) is 11.6. The van der Waals surface area contributed by atoms with E-state index in [2.05, 4.69) is 4.98 Å². The van der Waals surface area contributed by atoms with Gasteiger partial charge in [-0.1, -0.05) is 11.8 Å². The van der Waals surface area contributed by atoms with Gasteiger partial charge in [0.25, 0.3) is 0 Å². The lowest BCUT2D eigenvalue weighted by molar-refractivity contribution is -0.137. The Morgan fingerprint density at radius 2 is 1.61 bits per heavy atom. The highest BCUT2D eigenvalue weighted by atomic mass is 32.2. The first-order valence-corrected chi connectivity index (χ1v) is 8.78. The number of nitrogens with zero attached hydrogens (tertiary/aromatic N) is 2. The fourth-order valence-corrected chi connectivity index (χ4v) is 3.39. The number of rotatable bonds is 3. The fraction of sp³-hybridized carbons (Fsp3) is 0.167. The van der Waals surface area contributed by atoms with Crippen molar-refractivity contribution in [3.05, 3.63) is 85.0 Å². The average molecular weight is 409 g/mol. The quantitative estimate of drug-likeness (QED) is 0.722. The van der Waals surface area contributed by atoms with E-state index in [1.807, 2.05) is 0 Å². The average Bonchev–Trinajstić information content (AvgIpc) is 2.62. The van der Waals surface area contributed by atoms with Crippen molar-refractivity contribution >= 4 is 11.8 Å². The number of aryl methyl sites for hydroxylation is 1. The molecule has 0 bridgehead atoms. The topological polar surface area (TPSA) is 76.9 Å². The third-order valence-electron chi connectivity index (χ3n) is 4.03. The molecule has 0 aliphatic rings. The molecule has 0 saturated heterocycles. The monoisotopic (exact) mass is 409 g/mol. The van der Waals surface area contributed by atoms with Crippen molar-refractivity contribution in [2.75, 3.05) is 0 Å². The standard InChI is InChI=1S/C18H14F3N3O3S/c1-10-9-12(24-16(26)22-15(25)23(2)17(24)27)5-8-14(10)28-13-6-3-11(4-7-13)18(19,20)21/h3-9H,1-2H3,(H,22,25,26). The van der Waals surface area contributed by atoms with Gasteiger partial charge in [-0.3, -0.25) is 4.98 Å². The van der Waals surface area contributed by atoms with Gasteiger partial charge in [0.05, 0.1) is 11.3 Å². The van der Waals surface area contributed by atoms with Crippen molar-refractivity contribution in [2.24, 2.45) is 7.05 Å². The molecule has 0 fully saturated rings. The number of nitrogens with one attached hydrogen (secondary N) is 1. The van der Waals surface area contributed by atoms with Crippen LogP contribution in [0.1, 0.15) is 11.1 Å². The summed E-state index contributed by atoms with van der Waals surface area (Å²) in [4.78, 5) is 39.1. The van der Waals surface area contributed by atoms with Crippen LogP contribution in [0.3, 0.4) is 0 Å². The van der Waals surface area contributed by atoms with Crippen LogP contribution in [0.4, 0.5) is 13.2 Å². The van der Waals surface area contributed by atoms with E-state index in [0.29, 0.717) is 10.5 Å². The highest BCUT2D eigenvalue weighted by Gasteiger charge is 2.29. The first-order valence-electron chi connectivity index (χ1n) is 7.96. The number of H-pyrrole nitrogens is 1. The number of aromatic nitrogens is 3. The number of hydrogen-bond donors (Lipinski definition) is 1. The maximum absolute atomic E-state index is 12.7. The Balaban J connectivity index is 1.94. The van der Waals surface area contributed by atoms with Gasteiger partial charge in [-0.2, -0.15) is 13.2 Å². The Labute approximate surface area is 160 Å². The van der Waals surface area contributed by atoms with E-state index < -0.39 is 28.8 Å². The van der Waals surface area contributed by atoms with E-state index in [0.717, 1.165) is 26.2 Å². The molecule has 3 rings (SSSR count). The van der Waals surface area contributed by atoms with Gasteiger partial charge in [0.15, 0.2) is 0 Å². The SMILES string of the molecule is Cc1cc(-n2c(=O)[nH]c(=O)n(C)c2=O)ccc1Sc1ccc(C(F)(F)F)cc1. The lowest BCUT2D eigenvalue weighted by Crippen LogP contribution is -2.47. The van der Waals surface area contributed by atoms with Gasteiger partial charge in [0.2, 0.25) is 0 Å². The van der Waals surface area contributed by atoms with Crippen molar-refractivity contribution in [3.8, 4) is 5.69 Å². The molecular weight excluding hydrogens is 395 g/mol. The third-order valence-corrected chi connectivity index (χ3v) is 5.21. The Kier molecular flexibility index (Phi) is 5.07. The van der Waals surface area contributed by atoms with Crippen LogP contribution in [0.15, 0.2) is 66.6 Å². The maximum Gasteiger partial charge on any atom is 0.416 e. The molecular formula is C18H14F3N3O3S. The number of halogens is 3. The van der Waals surface area contributed by atoms with Crippen LogP contribution in [-0.2, 0) is 13.2 Å². The molecule has 2 aromatic carbocycles. The number of benzene rings is 2. The van der Waals surface area contributed by atoms with E-state index in [4.69, 9.17) is 0 Å². The second-order valence-corrected chi connectivity index (χ2v) is 7.10. The summed E-state index contributed by atoms with van der Waals surface area (Å²) in [5.41, 5.74) is -2.18. The predicted octanol–water partition coefficient (Wildman–Crippen LogP) is 2.70. The van der Waals surface area contributed by atoms with Gasteiger partial charge in [-0.25, -0.2) is 23.5 Å². The van der Waals surface area contributed by atoms with Crippen LogP contribution in [0.5, 0.6) is 0 Å². The third kappa shape index (κ3) is 3.81. The van der Waals surface area contributed by atoms with Crippen LogP contribution >= 0.6 is 11.8 Å². The van der Waals surface area contributed by atoms with E-state index in [-0.39, 0.29) is 5.69 Å². The summed E-state index contributed by atoms with van der Waals surface area (Å²) in [6.45, 7) is 1.75. The summed E-state index contributed by atoms with van der Waals surface area (Å²) in [7, 11) is 1.25. The number of hydrogen-bond acceptors (Lipinski definition) is 4. The lowest BCUT2D eigenvalue weighted by Gasteiger charge is -2.11. The molecule has 1 aromatic heterocycles. The first-order chi connectivity index (χ1) is 13.1. The zero-order valence-electron chi connectivity index (χ0n) is 14.7. The van der Waals surface area contributed by atoms with Gasteiger partial charge >= 0.3 is 23.2 Å². The minimum Gasteiger partial charge on any atom is -0.258 e. The van der Waals surface area contributed by atoms with Crippen LogP contribution < -0.4 is 17.1 Å². The van der Waals surface area contributed by atoms with Gasteiger partial charge < -0.3 is 0 Å². The van der Waals surface area contributed by atoms with E-state index >= 15 is 0 Å². The molecule has 0 radical (unpaired) electrons. The zero-order valence-corrected chi connectivity index (χ0v) is 15.5. The van der Waals surface area contributed by atoms with E-state index in [9.17, 15) is 27.6 Å². The molecule has 0 saturated carbocycles. The van der Waals surface area contributed by atoms with Crippen molar-refractivity contribution in [1.29, 1.82) is 0 Å². The molecule has 0 atom stereocenters. The Morgan fingerprint density at radius 1 is 0.964 bits per heavy atom. The molecule has 6 nitrogen and oxygen atoms in total. The molecule has 10 heteroatoms. The van der Waals surface area contributed by atoms with Crippen molar-refractivity contribution in [3.63, 3.8) is 0 Å². The molecule has 1 N–H and O–H groups in total. The minimum absolute atomic E-state index is 0.274. The summed E-state index contributed by atoms with van der Waals surface area (Å²) in [6, 6.07) is 9.55. The van der Waals surface area contributed by atoms with E-state index in [1.54, 1.807) is 19.1 Å². The van der Waals surface area contributed by atoms with Crippen LogP contribution in [-0.4, -0.2) is 14.1 Å². The Bertz CT molecular complexity index is 1210. The largest absolute Gasteiger partial charge is 0.416 e. The predicted molar refractivity (Wildman–Crippen MR) is 98.2 cm³/mol. The molecule has 0 aliphatic heterocycles. The van der Waals surface area contributed by atoms with Gasteiger partial charge in [0, 0.05) is 16.8 Å². The van der Waals surface area contributed by atoms with Crippen molar-refractivity contribution in [1.82, 2.24) is 14.1 Å². The molecule has 3 aromatic rings. The highest BCUT2D eigenvalue weighted by molar-refractivity contribution is 7.99. The van der Waals surface area contributed by atoms with Crippen molar-refractivity contribution < 1.29 is 13.2 Å². The first kappa shape index (κ1) is 19.7. The van der Waals surface area contributed by atoms with Crippen LogP contribution in [0.2, 0.25) is 0 Å². The van der Waals surface area contributed by atoms with Gasteiger partial charge in [0.1, 0.15) is 0 Å². The molecule has 0 spiro atoms. The molecule has 0 unspecified atom stereocenters. The zero-order chi connectivity index (χ0) is 20.6. The van der Waals surface area contributed by atoms with Crippen molar-refractivity contribution in [2.45, 2.75) is 22.9 Å². The number of aromatic amines is 1. The summed E-state index contributed by atoms with van der Waals surface area (Å²) < 4.78 is 39.6. The lowest BCUT2D eigenvalue weighted by atomic mass is 10.2. The second-order valence-electron chi connectivity index (χ2n) is 5.99. The van der Waals surface area contributed by atoms with Gasteiger partial charge in [-0.15, -0.1) is 0 Å². The second kappa shape index (κ2) is 7.19. The molecule has 0 aliphatic carbocycles. The Hall–Kier alpha value is -3.01. The molecule has 146 valence electrons. The summed E-state index contributed by atoms with van der Waals surface area (Å²) in [5, 5.41) is 0. The fourth-order valence-electron chi connectivity index (χ4n) is 2.51. The number of alkyl halides is 3. The highest BCUT2D eigenvalue weighted by Crippen LogP contribution is 2.34. The van der Waals surface area contributed by atoms with Crippen LogP contribution in [0.25, 0.3) is 5.69 Å². The summed E-state index contributed by atoms with van der Waals surface area (Å²) >= 11 is 1.26. The molecule has 0 amide bonds. The minimum atomic E-state index is -4.39. The summed E-state index contributed by atoms with van der Waals surface area (Å²) in [6.07, 6.45) is -4.39. The van der Waals surface area contributed by atoms with Gasteiger partial charge in [-0.05, 0) is 55.0 Å². The van der Waals surface area contributed by atoms with Crippen LogP contribution in [0, 0.1) is 6.92 Å². The molecule has 1 heterocycles. The Morgan fingerprint density at radius 3 is 2.18 bits per heavy atom. The summed E-state index contributed by atoms with van der Waals surface area (Å²) in [5.74, 6) is 0. The van der Waals surface area contributed by atoms with E-state index in [1.165, 1.54) is 37.0 Å².